The van der Waals surface area contributed by atoms with Crippen LogP contribution in [0.3, 0.4) is 0 Å². The highest BCUT2D eigenvalue weighted by Crippen LogP contribution is 2.43. The molecule has 1 aromatic carbocycles. The molecule has 0 aliphatic carbocycles. The van der Waals surface area contributed by atoms with Crippen molar-refractivity contribution >= 4 is 47.8 Å². The second-order valence-electron chi connectivity index (χ2n) is 3.15. The van der Waals surface area contributed by atoms with Crippen molar-refractivity contribution in [2.45, 2.75) is 2.14 Å². The number of halogens is 3. The van der Waals surface area contributed by atoms with Crippen LogP contribution in [0.25, 0.3) is 11.3 Å². The summed E-state index contributed by atoms with van der Waals surface area (Å²) < 4.78 is -0.501. The van der Waals surface area contributed by atoms with Crippen LogP contribution in [0.4, 0.5) is 0 Å². The van der Waals surface area contributed by atoms with Gasteiger partial charge >= 0.3 is 0 Å². The van der Waals surface area contributed by atoms with Crippen LogP contribution >= 0.6 is 47.8 Å². The van der Waals surface area contributed by atoms with Gasteiger partial charge in [-0.05, 0) is 6.07 Å². The van der Waals surface area contributed by atoms with Crippen molar-refractivity contribution in [3.05, 3.63) is 48.4 Å². The predicted octanol–water partition coefficient (Wildman–Crippen LogP) is 4.44. The Bertz CT molecular complexity index is 480. The van der Waals surface area contributed by atoms with Crippen LogP contribution in [0.2, 0.25) is 0 Å². The zero-order valence-corrected chi connectivity index (χ0v) is 12.8. The van der Waals surface area contributed by atoms with E-state index in [0.29, 0.717) is 0 Å². The van der Waals surface area contributed by atoms with Gasteiger partial charge < -0.3 is 0 Å². The Morgan fingerprint density at radius 3 is 2.25 bits per heavy atom. The summed E-state index contributed by atoms with van der Waals surface area (Å²) in [4.78, 5) is 8.43. The number of rotatable bonds is 1. The molecule has 1 heterocycles. The number of benzene rings is 1. The molecular weight excluding hydrogens is 400 g/mol. The monoisotopic (exact) mass is 404 g/mol. The number of aromatic nitrogens is 2. The molecule has 0 radical (unpaired) electrons. The number of nitrogens with zero attached hydrogens (tertiary/aromatic N) is 2. The molecule has 0 spiro atoms. The third kappa shape index (κ3) is 2.90. The summed E-state index contributed by atoms with van der Waals surface area (Å²) in [5.41, 5.74) is 2.79. The summed E-state index contributed by atoms with van der Waals surface area (Å²) >= 11 is 10.3. The molecule has 82 valence electrons. The lowest BCUT2D eigenvalue weighted by Gasteiger charge is -2.11. The molecule has 0 bridgehead atoms. The molecular formula is C11H7Br3N2. The van der Waals surface area contributed by atoms with Crippen molar-refractivity contribution in [2.24, 2.45) is 0 Å². The minimum atomic E-state index is -0.501. The first-order valence-corrected chi connectivity index (χ1v) is 6.90. The topological polar surface area (TPSA) is 25.8 Å². The van der Waals surface area contributed by atoms with Gasteiger partial charge in [-0.2, -0.15) is 0 Å². The van der Waals surface area contributed by atoms with E-state index in [1.807, 2.05) is 36.4 Å². The lowest BCUT2D eigenvalue weighted by molar-refractivity contribution is 1.08. The van der Waals surface area contributed by atoms with Gasteiger partial charge in [-0.25, -0.2) is 9.97 Å². The molecule has 0 saturated heterocycles. The smallest absolute Gasteiger partial charge is 0.176 e. The lowest BCUT2D eigenvalue weighted by atomic mass is 10.1. The van der Waals surface area contributed by atoms with Crippen molar-refractivity contribution in [3.63, 3.8) is 0 Å². The van der Waals surface area contributed by atoms with Gasteiger partial charge in [0.15, 0.2) is 2.14 Å². The Morgan fingerprint density at radius 2 is 1.62 bits per heavy atom. The van der Waals surface area contributed by atoms with Gasteiger partial charge in [0.05, 0.1) is 11.4 Å². The molecule has 0 unspecified atom stereocenters. The van der Waals surface area contributed by atoms with Gasteiger partial charge in [0.1, 0.15) is 6.33 Å². The van der Waals surface area contributed by atoms with Crippen LogP contribution in [-0.4, -0.2) is 9.97 Å². The van der Waals surface area contributed by atoms with Crippen LogP contribution in [0.15, 0.2) is 42.7 Å². The maximum atomic E-state index is 4.25. The minimum absolute atomic E-state index is 0.501. The third-order valence-corrected chi connectivity index (χ3v) is 3.25. The zero-order valence-electron chi connectivity index (χ0n) is 8.07. The number of alkyl halides is 3. The van der Waals surface area contributed by atoms with E-state index in [-0.39, 0.29) is 0 Å². The van der Waals surface area contributed by atoms with Gasteiger partial charge in [0.25, 0.3) is 0 Å². The summed E-state index contributed by atoms with van der Waals surface area (Å²) in [5.74, 6) is 0. The Hall–Kier alpha value is -0.260. The molecule has 0 saturated carbocycles. The van der Waals surface area contributed by atoms with Crippen LogP contribution in [0.1, 0.15) is 5.69 Å². The molecule has 0 amide bonds. The number of hydrogen-bond donors (Lipinski definition) is 0. The highest BCUT2D eigenvalue weighted by molar-refractivity contribution is 9.38. The quantitative estimate of drug-likeness (QED) is 0.654. The Kier molecular flexibility index (Phi) is 3.77. The molecule has 2 aromatic rings. The maximum absolute atomic E-state index is 4.25. The summed E-state index contributed by atoms with van der Waals surface area (Å²) in [7, 11) is 0. The van der Waals surface area contributed by atoms with E-state index in [0.717, 1.165) is 17.0 Å². The van der Waals surface area contributed by atoms with E-state index in [1.54, 1.807) is 6.33 Å². The molecule has 1 aromatic heterocycles. The maximum Gasteiger partial charge on any atom is 0.176 e. The molecule has 16 heavy (non-hydrogen) atoms. The highest BCUT2D eigenvalue weighted by Gasteiger charge is 2.23. The van der Waals surface area contributed by atoms with Crippen LogP contribution in [-0.2, 0) is 2.14 Å². The van der Waals surface area contributed by atoms with E-state index in [4.69, 9.17) is 0 Å². The Labute approximate surface area is 119 Å². The van der Waals surface area contributed by atoms with Crippen LogP contribution in [0, 0.1) is 0 Å². The van der Waals surface area contributed by atoms with Crippen LogP contribution in [0.5, 0.6) is 0 Å². The molecule has 0 aliphatic rings. The molecule has 2 rings (SSSR count). The summed E-state index contributed by atoms with van der Waals surface area (Å²) in [6, 6.07) is 11.9. The standard InChI is InChI=1S/C11H7Br3N2/c12-11(13,14)10-6-9(15-7-16-10)8-4-2-1-3-5-8/h1-7H. The molecule has 0 atom stereocenters. The largest absolute Gasteiger partial charge is 0.238 e. The van der Waals surface area contributed by atoms with E-state index in [9.17, 15) is 0 Å². The second-order valence-corrected chi connectivity index (χ2v) is 9.91. The first-order valence-electron chi connectivity index (χ1n) is 4.52. The summed E-state index contributed by atoms with van der Waals surface area (Å²) in [6.07, 6.45) is 1.55. The van der Waals surface area contributed by atoms with Gasteiger partial charge in [0, 0.05) is 5.56 Å². The molecule has 0 fully saturated rings. The van der Waals surface area contributed by atoms with Crippen molar-refractivity contribution in [1.82, 2.24) is 9.97 Å². The predicted molar refractivity (Wildman–Crippen MR) is 75.9 cm³/mol. The molecule has 0 aliphatic heterocycles. The summed E-state index contributed by atoms with van der Waals surface area (Å²) in [5, 5.41) is 0. The van der Waals surface area contributed by atoms with E-state index in [1.165, 1.54) is 0 Å². The lowest BCUT2D eigenvalue weighted by Crippen LogP contribution is -2.02. The highest BCUT2D eigenvalue weighted by atomic mass is 80.0. The van der Waals surface area contributed by atoms with Gasteiger partial charge in [-0.1, -0.05) is 78.1 Å². The minimum Gasteiger partial charge on any atom is -0.238 e. The van der Waals surface area contributed by atoms with Crippen LogP contribution < -0.4 is 0 Å². The van der Waals surface area contributed by atoms with Crippen molar-refractivity contribution in [1.29, 1.82) is 0 Å². The SMILES string of the molecule is BrC(Br)(Br)c1cc(-c2ccccc2)ncn1. The van der Waals surface area contributed by atoms with E-state index < -0.39 is 2.14 Å². The fraction of sp³-hybridized carbons (Fsp3) is 0.0909. The first kappa shape index (κ1) is 12.2. The van der Waals surface area contributed by atoms with Crippen molar-refractivity contribution in [3.8, 4) is 11.3 Å². The normalized spacial score (nSPS) is 11.4. The molecule has 0 N–H and O–H groups in total. The van der Waals surface area contributed by atoms with E-state index >= 15 is 0 Å². The molecule has 2 nitrogen and oxygen atoms in total. The Balaban J connectivity index is 2.45. The van der Waals surface area contributed by atoms with Crippen molar-refractivity contribution in [2.75, 3.05) is 0 Å². The molecule has 5 heteroatoms. The van der Waals surface area contributed by atoms with Gasteiger partial charge in [-0.15, -0.1) is 0 Å². The Morgan fingerprint density at radius 1 is 0.938 bits per heavy atom. The van der Waals surface area contributed by atoms with Gasteiger partial charge in [0.2, 0.25) is 0 Å². The fourth-order valence-corrected chi connectivity index (χ4v) is 1.93. The average Bonchev–Trinajstić information content (AvgIpc) is 2.29. The summed E-state index contributed by atoms with van der Waals surface area (Å²) in [6.45, 7) is 0. The average molecular weight is 407 g/mol. The zero-order chi connectivity index (χ0) is 11.6. The van der Waals surface area contributed by atoms with Crippen molar-refractivity contribution < 1.29 is 0 Å². The number of hydrogen-bond acceptors (Lipinski definition) is 2. The van der Waals surface area contributed by atoms with Gasteiger partial charge in [-0.3, -0.25) is 0 Å². The second kappa shape index (κ2) is 4.94. The third-order valence-electron chi connectivity index (χ3n) is 2.03. The fourth-order valence-electron chi connectivity index (χ4n) is 1.28. The van der Waals surface area contributed by atoms with E-state index in [2.05, 4.69) is 57.8 Å². The first-order chi connectivity index (χ1) is 7.57.